The molecule has 1 amide bonds. The fourth-order valence-corrected chi connectivity index (χ4v) is 2.39. The fraction of sp³-hybridized carbons (Fsp3) is 0.111. The van der Waals surface area contributed by atoms with E-state index in [1.807, 2.05) is 30.3 Å². The number of amides is 1. The molecule has 0 aliphatic rings. The standard InChI is InChI=1S/C18H16N2O3/c1-2-10-20-15-11-14(8-9-16(15)23-18(20)22)17(21)19-12-13-6-4-3-5-7-13/h2-9,11H,1,10,12H2,(H,19,21). The number of nitrogens with zero attached hydrogens (tertiary/aromatic N) is 1. The molecule has 3 aromatic rings. The molecule has 23 heavy (non-hydrogen) atoms. The van der Waals surface area contributed by atoms with Crippen molar-refractivity contribution in [1.82, 2.24) is 9.88 Å². The molecule has 116 valence electrons. The van der Waals surface area contributed by atoms with E-state index in [2.05, 4.69) is 11.9 Å². The summed E-state index contributed by atoms with van der Waals surface area (Å²) >= 11 is 0. The van der Waals surface area contributed by atoms with E-state index in [-0.39, 0.29) is 5.91 Å². The smallest absolute Gasteiger partial charge is 0.408 e. The Kier molecular flexibility index (Phi) is 4.10. The van der Waals surface area contributed by atoms with Gasteiger partial charge in [0.15, 0.2) is 5.58 Å². The topological polar surface area (TPSA) is 64.2 Å². The molecule has 3 rings (SSSR count). The molecule has 2 aromatic carbocycles. The minimum Gasteiger partial charge on any atom is -0.408 e. The van der Waals surface area contributed by atoms with Gasteiger partial charge in [0.25, 0.3) is 5.91 Å². The molecule has 1 heterocycles. The zero-order chi connectivity index (χ0) is 16.2. The van der Waals surface area contributed by atoms with E-state index in [9.17, 15) is 9.59 Å². The lowest BCUT2D eigenvalue weighted by Crippen LogP contribution is -2.22. The third-order valence-corrected chi connectivity index (χ3v) is 3.54. The number of hydrogen-bond donors (Lipinski definition) is 1. The van der Waals surface area contributed by atoms with Gasteiger partial charge in [-0.15, -0.1) is 6.58 Å². The highest BCUT2D eigenvalue weighted by atomic mass is 16.4. The average Bonchev–Trinajstić information content (AvgIpc) is 2.89. The van der Waals surface area contributed by atoms with Crippen LogP contribution in [0, 0.1) is 0 Å². The van der Waals surface area contributed by atoms with Crippen LogP contribution in [0.3, 0.4) is 0 Å². The van der Waals surface area contributed by atoms with Crippen molar-refractivity contribution in [2.75, 3.05) is 0 Å². The molecular weight excluding hydrogens is 292 g/mol. The summed E-state index contributed by atoms with van der Waals surface area (Å²) in [5, 5.41) is 2.86. The number of oxazole rings is 1. The second-order valence-corrected chi connectivity index (χ2v) is 5.12. The zero-order valence-electron chi connectivity index (χ0n) is 12.5. The number of rotatable bonds is 5. The quantitative estimate of drug-likeness (QED) is 0.737. The largest absolute Gasteiger partial charge is 0.420 e. The lowest BCUT2D eigenvalue weighted by atomic mass is 10.1. The van der Waals surface area contributed by atoms with Crippen molar-refractivity contribution in [3.63, 3.8) is 0 Å². The van der Waals surface area contributed by atoms with Crippen molar-refractivity contribution < 1.29 is 9.21 Å². The molecule has 0 spiro atoms. The van der Waals surface area contributed by atoms with Crippen LogP contribution in [0.4, 0.5) is 0 Å². The van der Waals surface area contributed by atoms with Gasteiger partial charge < -0.3 is 9.73 Å². The molecule has 0 aliphatic carbocycles. The van der Waals surface area contributed by atoms with Gasteiger partial charge in [0.2, 0.25) is 0 Å². The second-order valence-electron chi connectivity index (χ2n) is 5.12. The predicted octanol–water partition coefficient (Wildman–Crippen LogP) is 2.71. The monoisotopic (exact) mass is 308 g/mol. The van der Waals surface area contributed by atoms with Crippen LogP contribution in [-0.2, 0) is 13.1 Å². The molecule has 5 heteroatoms. The van der Waals surface area contributed by atoms with Crippen LogP contribution in [0.5, 0.6) is 0 Å². The summed E-state index contributed by atoms with van der Waals surface area (Å²) in [6.45, 7) is 4.40. The molecule has 0 aliphatic heterocycles. The fourth-order valence-electron chi connectivity index (χ4n) is 2.39. The van der Waals surface area contributed by atoms with Gasteiger partial charge in [0.05, 0.1) is 5.52 Å². The van der Waals surface area contributed by atoms with Gasteiger partial charge in [-0.05, 0) is 23.8 Å². The number of nitrogens with one attached hydrogen (secondary N) is 1. The maximum atomic E-state index is 12.3. The van der Waals surface area contributed by atoms with E-state index in [0.717, 1.165) is 5.56 Å². The number of allylic oxidation sites excluding steroid dienone is 1. The molecule has 0 unspecified atom stereocenters. The molecular formula is C18H16N2O3. The maximum Gasteiger partial charge on any atom is 0.420 e. The van der Waals surface area contributed by atoms with Crippen molar-refractivity contribution in [2.45, 2.75) is 13.1 Å². The molecule has 0 saturated heterocycles. The van der Waals surface area contributed by atoms with E-state index in [4.69, 9.17) is 4.42 Å². The molecule has 0 bridgehead atoms. The summed E-state index contributed by atoms with van der Waals surface area (Å²) in [7, 11) is 0. The third kappa shape index (κ3) is 3.08. The summed E-state index contributed by atoms with van der Waals surface area (Å²) in [6.07, 6.45) is 1.61. The number of carbonyl (C=O) groups excluding carboxylic acids is 1. The Hall–Kier alpha value is -3.08. The Balaban J connectivity index is 1.84. The lowest BCUT2D eigenvalue weighted by molar-refractivity contribution is 0.0951. The molecule has 0 saturated carbocycles. The molecule has 5 nitrogen and oxygen atoms in total. The van der Waals surface area contributed by atoms with Gasteiger partial charge in [-0.2, -0.15) is 0 Å². The first kappa shape index (κ1) is 14.8. The Morgan fingerprint density at radius 2 is 2.00 bits per heavy atom. The average molecular weight is 308 g/mol. The molecule has 0 atom stereocenters. The van der Waals surface area contributed by atoms with E-state index in [0.29, 0.717) is 29.8 Å². The van der Waals surface area contributed by atoms with Crippen molar-refractivity contribution >= 4 is 17.0 Å². The highest BCUT2D eigenvalue weighted by Gasteiger charge is 2.12. The summed E-state index contributed by atoms with van der Waals surface area (Å²) < 4.78 is 6.58. The minimum absolute atomic E-state index is 0.199. The third-order valence-electron chi connectivity index (χ3n) is 3.54. The zero-order valence-corrected chi connectivity index (χ0v) is 12.5. The number of hydrogen-bond acceptors (Lipinski definition) is 3. The first-order valence-electron chi connectivity index (χ1n) is 7.25. The van der Waals surface area contributed by atoms with Gasteiger partial charge >= 0.3 is 5.76 Å². The Morgan fingerprint density at radius 1 is 1.22 bits per heavy atom. The van der Waals surface area contributed by atoms with Gasteiger partial charge in [-0.1, -0.05) is 36.4 Å². The summed E-state index contributed by atoms with van der Waals surface area (Å²) in [5.74, 6) is -0.656. The van der Waals surface area contributed by atoms with Crippen molar-refractivity contribution in [3.8, 4) is 0 Å². The molecule has 1 aromatic heterocycles. The van der Waals surface area contributed by atoms with Crippen LogP contribution in [0.2, 0.25) is 0 Å². The highest BCUT2D eigenvalue weighted by molar-refractivity contribution is 5.97. The van der Waals surface area contributed by atoms with Crippen LogP contribution in [0.1, 0.15) is 15.9 Å². The maximum absolute atomic E-state index is 12.3. The SMILES string of the molecule is C=CCn1c(=O)oc2ccc(C(=O)NCc3ccccc3)cc21. The van der Waals surface area contributed by atoms with Gasteiger partial charge in [0.1, 0.15) is 0 Å². The number of carbonyl (C=O) groups is 1. The Bertz CT molecular complexity index is 907. The van der Waals surface area contributed by atoms with Crippen LogP contribution < -0.4 is 11.1 Å². The Labute approximate surface area is 132 Å². The minimum atomic E-state index is -0.457. The van der Waals surface area contributed by atoms with Crippen LogP contribution in [-0.4, -0.2) is 10.5 Å². The van der Waals surface area contributed by atoms with Crippen molar-refractivity contribution in [1.29, 1.82) is 0 Å². The predicted molar refractivity (Wildman–Crippen MR) is 88.3 cm³/mol. The summed E-state index contributed by atoms with van der Waals surface area (Å²) in [6, 6.07) is 14.6. The Morgan fingerprint density at radius 3 is 2.74 bits per heavy atom. The lowest BCUT2D eigenvalue weighted by Gasteiger charge is -2.06. The van der Waals surface area contributed by atoms with Crippen molar-refractivity contribution in [2.24, 2.45) is 0 Å². The second kappa shape index (κ2) is 6.36. The number of aromatic nitrogens is 1. The normalized spacial score (nSPS) is 10.6. The van der Waals surface area contributed by atoms with E-state index in [1.165, 1.54) is 4.57 Å². The summed E-state index contributed by atoms with van der Waals surface area (Å²) in [4.78, 5) is 24.1. The van der Waals surface area contributed by atoms with Gasteiger partial charge in [-0.25, -0.2) is 4.79 Å². The molecule has 1 N–H and O–H groups in total. The van der Waals surface area contributed by atoms with E-state index in [1.54, 1.807) is 24.3 Å². The molecule has 0 fully saturated rings. The van der Waals surface area contributed by atoms with Crippen LogP contribution >= 0.6 is 0 Å². The number of fused-ring (bicyclic) bond motifs is 1. The molecule has 0 radical (unpaired) electrons. The van der Waals surface area contributed by atoms with Crippen molar-refractivity contribution in [3.05, 3.63) is 82.9 Å². The highest BCUT2D eigenvalue weighted by Crippen LogP contribution is 2.15. The van der Waals surface area contributed by atoms with Gasteiger partial charge in [-0.3, -0.25) is 9.36 Å². The first-order valence-corrected chi connectivity index (χ1v) is 7.25. The van der Waals surface area contributed by atoms with Crippen LogP contribution in [0.15, 0.2) is 70.4 Å². The van der Waals surface area contributed by atoms with E-state index >= 15 is 0 Å². The van der Waals surface area contributed by atoms with Gasteiger partial charge in [0, 0.05) is 18.7 Å². The van der Waals surface area contributed by atoms with E-state index < -0.39 is 5.76 Å². The number of benzene rings is 2. The summed E-state index contributed by atoms with van der Waals surface area (Å²) in [5.41, 5.74) is 2.54. The first-order chi connectivity index (χ1) is 11.2. The van der Waals surface area contributed by atoms with Crippen LogP contribution in [0.25, 0.3) is 11.1 Å².